The highest BCUT2D eigenvalue weighted by molar-refractivity contribution is 9.10. The zero-order chi connectivity index (χ0) is 11.5. The van der Waals surface area contributed by atoms with E-state index < -0.39 is 0 Å². The van der Waals surface area contributed by atoms with Gasteiger partial charge in [-0.05, 0) is 47.5 Å². The molecule has 0 aliphatic carbocycles. The molecular weight excluding hydrogens is 261 g/mol. The van der Waals surface area contributed by atoms with Crippen LogP contribution < -0.4 is 5.32 Å². The molecule has 0 aromatic heterocycles. The predicted molar refractivity (Wildman–Crippen MR) is 62.1 cm³/mol. The molecule has 0 atom stereocenters. The average molecular weight is 276 g/mol. The van der Waals surface area contributed by atoms with E-state index >= 15 is 0 Å². The highest BCUT2D eigenvalue weighted by atomic mass is 79.9. The van der Waals surface area contributed by atoms with E-state index in [0.717, 1.165) is 5.56 Å². The SMILES string of the molecule is CC(C)(CO)NCc1ccc(F)c(Br)c1. The maximum atomic E-state index is 12.9. The van der Waals surface area contributed by atoms with Crippen molar-refractivity contribution in [3.63, 3.8) is 0 Å². The van der Waals surface area contributed by atoms with E-state index in [2.05, 4.69) is 21.2 Å². The molecule has 1 aromatic carbocycles. The smallest absolute Gasteiger partial charge is 0.137 e. The van der Waals surface area contributed by atoms with Crippen LogP contribution in [0.2, 0.25) is 0 Å². The lowest BCUT2D eigenvalue weighted by atomic mass is 10.1. The first-order valence-electron chi connectivity index (χ1n) is 4.74. The molecule has 0 unspecified atom stereocenters. The molecule has 1 aromatic rings. The highest BCUT2D eigenvalue weighted by Gasteiger charge is 2.14. The van der Waals surface area contributed by atoms with Gasteiger partial charge in [-0.15, -0.1) is 0 Å². The quantitative estimate of drug-likeness (QED) is 0.885. The topological polar surface area (TPSA) is 32.3 Å². The Morgan fingerprint density at radius 2 is 2.13 bits per heavy atom. The Morgan fingerprint density at radius 1 is 1.47 bits per heavy atom. The monoisotopic (exact) mass is 275 g/mol. The second-order valence-electron chi connectivity index (χ2n) is 4.14. The summed E-state index contributed by atoms with van der Waals surface area (Å²) >= 11 is 3.13. The van der Waals surface area contributed by atoms with Crippen LogP contribution in [0.15, 0.2) is 22.7 Å². The number of rotatable bonds is 4. The van der Waals surface area contributed by atoms with Gasteiger partial charge in [0, 0.05) is 12.1 Å². The minimum Gasteiger partial charge on any atom is -0.394 e. The van der Waals surface area contributed by atoms with Crippen LogP contribution in [0.5, 0.6) is 0 Å². The third-order valence-corrected chi connectivity index (χ3v) is 2.76. The summed E-state index contributed by atoms with van der Waals surface area (Å²) in [5.74, 6) is -0.264. The summed E-state index contributed by atoms with van der Waals surface area (Å²) in [4.78, 5) is 0. The summed E-state index contributed by atoms with van der Waals surface area (Å²) in [5.41, 5.74) is 0.658. The van der Waals surface area contributed by atoms with Crippen molar-refractivity contribution < 1.29 is 9.50 Å². The maximum Gasteiger partial charge on any atom is 0.137 e. The van der Waals surface area contributed by atoms with Crippen LogP contribution in [0.1, 0.15) is 19.4 Å². The lowest BCUT2D eigenvalue weighted by molar-refractivity contribution is 0.187. The van der Waals surface area contributed by atoms with Gasteiger partial charge < -0.3 is 10.4 Å². The van der Waals surface area contributed by atoms with Gasteiger partial charge in [0.05, 0.1) is 11.1 Å². The van der Waals surface area contributed by atoms with Gasteiger partial charge in [0.1, 0.15) is 5.82 Å². The largest absolute Gasteiger partial charge is 0.394 e. The van der Waals surface area contributed by atoms with Crippen molar-refractivity contribution in [2.75, 3.05) is 6.61 Å². The number of hydrogen-bond acceptors (Lipinski definition) is 2. The van der Waals surface area contributed by atoms with E-state index in [-0.39, 0.29) is 18.0 Å². The summed E-state index contributed by atoms with van der Waals surface area (Å²) in [6.07, 6.45) is 0. The van der Waals surface area contributed by atoms with Gasteiger partial charge in [-0.25, -0.2) is 4.39 Å². The van der Waals surface area contributed by atoms with Crippen LogP contribution in [0.3, 0.4) is 0 Å². The van der Waals surface area contributed by atoms with Crippen LogP contribution in [0.25, 0.3) is 0 Å². The molecular formula is C11H15BrFNO. The number of benzene rings is 1. The van der Waals surface area contributed by atoms with Crippen LogP contribution in [0, 0.1) is 5.82 Å². The highest BCUT2D eigenvalue weighted by Crippen LogP contribution is 2.17. The van der Waals surface area contributed by atoms with E-state index in [4.69, 9.17) is 5.11 Å². The van der Waals surface area contributed by atoms with Crippen LogP contribution in [-0.2, 0) is 6.54 Å². The standard InChI is InChI=1S/C11H15BrFNO/c1-11(2,7-15)14-6-8-3-4-10(13)9(12)5-8/h3-5,14-15H,6-7H2,1-2H3. The van der Waals surface area contributed by atoms with Gasteiger partial charge in [0.25, 0.3) is 0 Å². The molecule has 1 rings (SSSR count). The first-order valence-corrected chi connectivity index (χ1v) is 5.54. The number of nitrogens with one attached hydrogen (secondary N) is 1. The fourth-order valence-corrected chi connectivity index (χ4v) is 1.47. The lowest BCUT2D eigenvalue weighted by Gasteiger charge is -2.23. The van der Waals surface area contributed by atoms with Crippen LogP contribution >= 0.6 is 15.9 Å². The molecule has 0 spiro atoms. The second kappa shape index (κ2) is 5.05. The molecule has 0 heterocycles. The number of aliphatic hydroxyl groups excluding tert-OH is 1. The number of hydrogen-bond donors (Lipinski definition) is 2. The van der Waals surface area contributed by atoms with Crippen molar-refractivity contribution in [1.29, 1.82) is 0 Å². The van der Waals surface area contributed by atoms with Crippen molar-refractivity contribution in [1.82, 2.24) is 5.32 Å². The van der Waals surface area contributed by atoms with Crippen molar-refractivity contribution in [2.45, 2.75) is 25.9 Å². The first kappa shape index (κ1) is 12.6. The Kier molecular flexibility index (Phi) is 4.25. The number of halogens is 2. The zero-order valence-corrected chi connectivity index (χ0v) is 10.4. The van der Waals surface area contributed by atoms with Crippen LogP contribution in [-0.4, -0.2) is 17.3 Å². The Bertz CT molecular complexity index is 341. The molecule has 15 heavy (non-hydrogen) atoms. The Hall–Kier alpha value is -0.450. The Balaban J connectivity index is 2.62. The van der Waals surface area contributed by atoms with Crippen molar-refractivity contribution in [2.24, 2.45) is 0 Å². The second-order valence-corrected chi connectivity index (χ2v) is 5.00. The summed E-state index contributed by atoms with van der Waals surface area (Å²) in [6.45, 7) is 4.49. The lowest BCUT2D eigenvalue weighted by Crippen LogP contribution is -2.42. The number of aliphatic hydroxyl groups is 1. The molecule has 4 heteroatoms. The summed E-state index contributed by atoms with van der Waals surface area (Å²) < 4.78 is 13.4. The van der Waals surface area contributed by atoms with E-state index in [1.54, 1.807) is 12.1 Å². The fourth-order valence-electron chi connectivity index (χ4n) is 1.05. The van der Waals surface area contributed by atoms with E-state index in [1.165, 1.54) is 6.07 Å². The summed E-state index contributed by atoms with van der Waals surface area (Å²) in [5, 5.41) is 12.2. The Labute approximate surface area is 97.6 Å². The molecule has 0 amide bonds. The molecule has 2 N–H and O–H groups in total. The van der Waals surface area contributed by atoms with E-state index in [0.29, 0.717) is 11.0 Å². The molecule has 84 valence electrons. The van der Waals surface area contributed by atoms with Gasteiger partial charge in [0.2, 0.25) is 0 Å². The third kappa shape index (κ3) is 3.89. The molecule has 0 aliphatic heterocycles. The van der Waals surface area contributed by atoms with Crippen molar-refractivity contribution >= 4 is 15.9 Å². The molecule has 0 saturated carbocycles. The molecule has 0 aliphatic rings. The van der Waals surface area contributed by atoms with Gasteiger partial charge in [-0.3, -0.25) is 0 Å². The van der Waals surface area contributed by atoms with Gasteiger partial charge >= 0.3 is 0 Å². The fraction of sp³-hybridized carbons (Fsp3) is 0.455. The van der Waals surface area contributed by atoms with E-state index in [9.17, 15) is 4.39 Å². The van der Waals surface area contributed by atoms with Gasteiger partial charge in [0.15, 0.2) is 0 Å². The van der Waals surface area contributed by atoms with Gasteiger partial charge in [-0.1, -0.05) is 6.07 Å². The molecule has 2 nitrogen and oxygen atoms in total. The maximum absolute atomic E-state index is 12.9. The molecule has 0 bridgehead atoms. The Morgan fingerprint density at radius 3 is 2.67 bits per heavy atom. The van der Waals surface area contributed by atoms with Crippen LogP contribution in [0.4, 0.5) is 4.39 Å². The normalized spacial score (nSPS) is 11.8. The third-order valence-electron chi connectivity index (χ3n) is 2.15. The average Bonchev–Trinajstić information content (AvgIpc) is 2.20. The molecule has 0 saturated heterocycles. The summed E-state index contributed by atoms with van der Waals surface area (Å²) in [7, 11) is 0. The van der Waals surface area contributed by atoms with Gasteiger partial charge in [-0.2, -0.15) is 0 Å². The van der Waals surface area contributed by atoms with Crippen molar-refractivity contribution in [3.05, 3.63) is 34.1 Å². The zero-order valence-electron chi connectivity index (χ0n) is 8.85. The predicted octanol–water partition coefficient (Wildman–Crippen LogP) is 2.45. The first-order chi connectivity index (χ1) is 6.94. The minimum atomic E-state index is -0.319. The van der Waals surface area contributed by atoms with Crippen molar-refractivity contribution in [3.8, 4) is 0 Å². The minimum absolute atomic E-state index is 0.0648. The summed E-state index contributed by atoms with van der Waals surface area (Å²) in [6, 6.07) is 4.88. The molecule has 0 fully saturated rings. The molecule has 0 radical (unpaired) electrons. The van der Waals surface area contributed by atoms with E-state index in [1.807, 2.05) is 13.8 Å².